The lowest BCUT2D eigenvalue weighted by atomic mass is 9.94. The van der Waals surface area contributed by atoms with Crippen LogP contribution in [0.1, 0.15) is 24.0 Å². The maximum absolute atomic E-state index is 12.6. The summed E-state index contributed by atoms with van der Waals surface area (Å²) < 4.78 is 5.23. The summed E-state index contributed by atoms with van der Waals surface area (Å²) in [7, 11) is 1.66. The topological polar surface area (TPSA) is 41.6 Å². The van der Waals surface area contributed by atoms with E-state index in [0.29, 0.717) is 18.9 Å². The fourth-order valence-corrected chi connectivity index (χ4v) is 4.21. The highest BCUT2D eigenvalue weighted by atomic mass is 16.5. The first-order valence-electron chi connectivity index (χ1n) is 9.33. The van der Waals surface area contributed by atoms with Crippen LogP contribution in [0.5, 0.6) is 5.75 Å². The fourth-order valence-electron chi connectivity index (χ4n) is 4.21. The highest BCUT2D eigenvalue weighted by molar-refractivity contribution is 5.78. The number of carbonyl (C=O) groups excluding carboxylic acids is 1. The Morgan fingerprint density at radius 1 is 1.27 bits per heavy atom. The molecule has 1 N–H and O–H groups in total. The zero-order valence-corrected chi connectivity index (χ0v) is 15.5. The Morgan fingerprint density at radius 3 is 2.85 bits per heavy atom. The largest absolute Gasteiger partial charge is 0.497 e. The lowest BCUT2D eigenvalue weighted by Gasteiger charge is -2.22. The van der Waals surface area contributed by atoms with Gasteiger partial charge in [-0.3, -0.25) is 4.79 Å². The summed E-state index contributed by atoms with van der Waals surface area (Å²) >= 11 is 0. The zero-order valence-electron chi connectivity index (χ0n) is 15.5. The molecule has 0 spiro atoms. The lowest BCUT2D eigenvalue weighted by molar-refractivity contribution is -0.130. The smallest absolute Gasteiger partial charge is 0.224 e. The van der Waals surface area contributed by atoms with Crippen LogP contribution in [-0.4, -0.2) is 37.6 Å². The molecule has 136 valence electrons. The van der Waals surface area contributed by atoms with E-state index >= 15 is 0 Å². The third kappa shape index (κ3) is 3.16. The number of benzene rings is 2. The van der Waals surface area contributed by atoms with Crippen molar-refractivity contribution < 1.29 is 9.53 Å². The van der Waals surface area contributed by atoms with Gasteiger partial charge in [-0.1, -0.05) is 35.9 Å². The number of nitrogens with one attached hydrogen (secondary N) is 1. The van der Waals surface area contributed by atoms with Gasteiger partial charge in [0.25, 0.3) is 0 Å². The lowest BCUT2D eigenvalue weighted by Crippen LogP contribution is -2.33. The van der Waals surface area contributed by atoms with Gasteiger partial charge in [0.15, 0.2) is 0 Å². The van der Waals surface area contributed by atoms with E-state index in [9.17, 15) is 4.79 Å². The molecule has 4 heteroatoms. The molecule has 1 heterocycles. The predicted molar refractivity (Wildman–Crippen MR) is 104 cm³/mol. The number of methoxy groups -OCH3 is 1. The van der Waals surface area contributed by atoms with Crippen LogP contribution in [0.3, 0.4) is 0 Å². The number of nitrogens with zero attached hydrogens (tertiary/aromatic N) is 1. The monoisotopic (exact) mass is 350 g/mol. The Balaban J connectivity index is 1.30. The van der Waals surface area contributed by atoms with Crippen LogP contribution in [0.4, 0.5) is 5.69 Å². The fraction of sp³-hybridized carbons (Fsp3) is 0.409. The van der Waals surface area contributed by atoms with Crippen molar-refractivity contribution in [1.29, 1.82) is 0 Å². The molecule has 0 bridgehead atoms. The van der Waals surface area contributed by atoms with Crippen LogP contribution in [0.15, 0.2) is 48.5 Å². The number of aryl methyl sites for hydroxylation is 1. The number of rotatable bonds is 6. The van der Waals surface area contributed by atoms with Crippen LogP contribution in [0.25, 0.3) is 0 Å². The van der Waals surface area contributed by atoms with Gasteiger partial charge in [0.1, 0.15) is 5.75 Å². The Kier molecular flexibility index (Phi) is 4.35. The summed E-state index contributed by atoms with van der Waals surface area (Å²) in [6.45, 7) is 4.54. The number of likely N-dealkylation sites (tertiary alicyclic amines) is 1. The first-order valence-corrected chi connectivity index (χ1v) is 9.33. The van der Waals surface area contributed by atoms with Crippen LogP contribution >= 0.6 is 0 Å². The number of amides is 1. The number of hydrogen-bond acceptors (Lipinski definition) is 3. The zero-order chi connectivity index (χ0) is 18.1. The average molecular weight is 350 g/mol. The highest BCUT2D eigenvalue weighted by Crippen LogP contribution is 2.59. The summed E-state index contributed by atoms with van der Waals surface area (Å²) in [5.41, 5.74) is 3.90. The molecule has 1 aliphatic heterocycles. The highest BCUT2D eigenvalue weighted by Gasteiger charge is 2.61. The Morgan fingerprint density at radius 2 is 2.08 bits per heavy atom. The van der Waals surface area contributed by atoms with Crippen molar-refractivity contribution in [3.05, 3.63) is 59.7 Å². The Hall–Kier alpha value is -2.49. The van der Waals surface area contributed by atoms with E-state index in [1.54, 1.807) is 7.11 Å². The Labute approximate surface area is 155 Å². The molecule has 1 saturated heterocycles. The van der Waals surface area contributed by atoms with E-state index in [1.807, 2.05) is 24.3 Å². The van der Waals surface area contributed by atoms with Crippen LogP contribution in [-0.2, 0) is 10.2 Å². The molecular weight excluding hydrogens is 324 g/mol. The summed E-state index contributed by atoms with van der Waals surface area (Å²) in [6.07, 6.45) is 1.75. The quantitative estimate of drug-likeness (QED) is 0.865. The van der Waals surface area contributed by atoms with Gasteiger partial charge < -0.3 is 15.0 Å². The van der Waals surface area contributed by atoms with Gasteiger partial charge in [0.2, 0.25) is 5.91 Å². The van der Waals surface area contributed by atoms with Crippen molar-refractivity contribution in [2.45, 2.75) is 25.2 Å². The normalized spacial score (nSPS) is 23.5. The van der Waals surface area contributed by atoms with E-state index in [4.69, 9.17) is 4.74 Å². The van der Waals surface area contributed by atoms with Crippen LogP contribution < -0.4 is 10.1 Å². The number of carbonyl (C=O) groups is 1. The molecule has 0 radical (unpaired) electrons. The molecule has 26 heavy (non-hydrogen) atoms. The molecule has 2 fully saturated rings. The molecule has 1 amide bonds. The van der Waals surface area contributed by atoms with E-state index in [2.05, 4.69) is 41.4 Å². The summed E-state index contributed by atoms with van der Waals surface area (Å²) in [6, 6.07) is 16.7. The molecule has 4 rings (SSSR count). The first kappa shape index (κ1) is 17.0. The predicted octanol–water partition coefficient (Wildman–Crippen LogP) is 3.61. The van der Waals surface area contributed by atoms with Gasteiger partial charge in [-0.15, -0.1) is 0 Å². The van der Waals surface area contributed by atoms with Gasteiger partial charge in [-0.25, -0.2) is 0 Å². The third-order valence-electron chi connectivity index (χ3n) is 5.86. The minimum absolute atomic E-state index is 0.226. The number of hydrogen-bond donors (Lipinski definition) is 1. The second kappa shape index (κ2) is 6.67. The maximum Gasteiger partial charge on any atom is 0.224 e. The van der Waals surface area contributed by atoms with Gasteiger partial charge in [-0.2, -0.15) is 0 Å². The number of fused-ring (bicyclic) bond motifs is 1. The van der Waals surface area contributed by atoms with Crippen molar-refractivity contribution in [2.24, 2.45) is 5.92 Å². The van der Waals surface area contributed by atoms with Gasteiger partial charge in [0.05, 0.1) is 7.11 Å². The second-order valence-electron chi connectivity index (χ2n) is 7.61. The van der Waals surface area contributed by atoms with Gasteiger partial charge in [-0.05, 0) is 37.0 Å². The van der Waals surface area contributed by atoms with Crippen molar-refractivity contribution in [2.75, 3.05) is 32.1 Å². The third-order valence-corrected chi connectivity index (χ3v) is 5.86. The first-order chi connectivity index (χ1) is 12.6. The molecule has 0 aromatic heterocycles. The minimum atomic E-state index is 0.226. The maximum atomic E-state index is 12.6. The number of ether oxygens (including phenoxy) is 1. The van der Waals surface area contributed by atoms with E-state index in [1.165, 1.54) is 17.5 Å². The molecule has 1 aliphatic carbocycles. The van der Waals surface area contributed by atoms with Crippen molar-refractivity contribution in [3.8, 4) is 5.75 Å². The average Bonchev–Trinajstić information content (AvgIpc) is 3.23. The minimum Gasteiger partial charge on any atom is -0.497 e. The summed E-state index contributed by atoms with van der Waals surface area (Å²) in [5, 5.41) is 3.32. The van der Waals surface area contributed by atoms with Crippen molar-refractivity contribution in [1.82, 2.24) is 4.90 Å². The van der Waals surface area contributed by atoms with Crippen LogP contribution in [0.2, 0.25) is 0 Å². The van der Waals surface area contributed by atoms with Crippen molar-refractivity contribution >= 4 is 11.6 Å². The molecule has 2 unspecified atom stereocenters. The molecule has 2 aromatic carbocycles. The Bertz CT molecular complexity index is 802. The molecular formula is C22H26N2O2. The van der Waals surface area contributed by atoms with Crippen LogP contribution in [0, 0.1) is 12.8 Å². The number of anilines is 1. The molecule has 4 nitrogen and oxygen atoms in total. The SMILES string of the molecule is COc1cccc(NCCC(=O)N2CC3CC3(c3ccc(C)cc3)C2)c1. The molecule has 2 atom stereocenters. The molecule has 2 aliphatic rings. The standard InChI is InChI=1S/C22H26N2O2/c1-16-6-8-17(9-7-16)22-13-18(22)14-24(15-22)21(25)10-11-23-19-4-3-5-20(12-19)26-2/h3-9,12,18,23H,10-11,13-15H2,1-2H3. The summed E-state index contributed by atoms with van der Waals surface area (Å²) in [5.74, 6) is 1.71. The van der Waals surface area contributed by atoms with Crippen molar-refractivity contribution in [3.63, 3.8) is 0 Å². The summed E-state index contributed by atoms with van der Waals surface area (Å²) in [4.78, 5) is 14.7. The van der Waals surface area contributed by atoms with E-state index in [-0.39, 0.29) is 11.3 Å². The van der Waals surface area contributed by atoms with Gasteiger partial charge in [0, 0.05) is 43.2 Å². The number of piperidine rings is 1. The molecule has 1 saturated carbocycles. The van der Waals surface area contributed by atoms with E-state index in [0.717, 1.165) is 24.5 Å². The van der Waals surface area contributed by atoms with E-state index < -0.39 is 0 Å². The second-order valence-corrected chi connectivity index (χ2v) is 7.61. The van der Waals surface area contributed by atoms with Gasteiger partial charge >= 0.3 is 0 Å². The molecule has 2 aromatic rings.